The van der Waals surface area contributed by atoms with Crippen LogP contribution in [0.5, 0.6) is 0 Å². The maximum Gasteiger partial charge on any atom is 0.0308 e. The molecule has 1 saturated heterocycles. The molecule has 0 atom stereocenters. The van der Waals surface area contributed by atoms with Crippen molar-refractivity contribution in [3.8, 4) is 0 Å². The van der Waals surface area contributed by atoms with Crippen molar-refractivity contribution in [3.05, 3.63) is 0 Å². The van der Waals surface area contributed by atoms with Crippen LogP contribution in [0.15, 0.2) is 0 Å². The van der Waals surface area contributed by atoms with Crippen molar-refractivity contribution < 1.29 is 0 Å². The maximum absolute atomic E-state index is 3.94. The van der Waals surface area contributed by atoms with E-state index in [1.807, 2.05) is 0 Å². The lowest BCUT2D eigenvalue weighted by Crippen LogP contribution is -2.54. The van der Waals surface area contributed by atoms with Crippen LogP contribution in [0, 0.1) is 5.92 Å². The summed E-state index contributed by atoms with van der Waals surface area (Å²) >= 11 is 0. The van der Waals surface area contributed by atoms with Crippen molar-refractivity contribution in [3.63, 3.8) is 0 Å². The van der Waals surface area contributed by atoms with E-state index in [1.54, 1.807) is 0 Å². The van der Waals surface area contributed by atoms with E-state index in [0.717, 1.165) is 12.0 Å². The summed E-state index contributed by atoms with van der Waals surface area (Å²) in [4.78, 5) is 2.89. The van der Waals surface area contributed by atoms with Gasteiger partial charge in [0.25, 0.3) is 0 Å². The molecular weight excluding hydrogens is 244 g/mol. The van der Waals surface area contributed by atoms with E-state index >= 15 is 0 Å². The van der Waals surface area contributed by atoms with Crippen LogP contribution in [-0.4, -0.2) is 36.1 Å². The van der Waals surface area contributed by atoms with Gasteiger partial charge in [0.1, 0.15) is 0 Å². The molecule has 0 amide bonds. The van der Waals surface area contributed by atoms with Gasteiger partial charge in [0.2, 0.25) is 0 Å². The van der Waals surface area contributed by atoms with Crippen molar-refractivity contribution in [2.75, 3.05) is 19.6 Å². The normalized spacial score (nSPS) is 35.9. The van der Waals surface area contributed by atoms with Crippen LogP contribution in [0.3, 0.4) is 0 Å². The Morgan fingerprint density at radius 3 is 2.45 bits per heavy atom. The smallest absolute Gasteiger partial charge is 0.0308 e. The second-order valence-electron chi connectivity index (χ2n) is 7.67. The summed E-state index contributed by atoms with van der Waals surface area (Å²) in [6.07, 6.45) is 15.9. The molecule has 0 aromatic heterocycles. The molecular formula is C18H34N2. The van der Waals surface area contributed by atoms with Crippen LogP contribution < -0.4 is 5.32 Å². The molecule has 1 N–H and O–H groups in total. The first kappa shape index (κ1) is 14.8. The van der Waals surface area contributed by atoms with Crippen LogP contribution in [0.4, 0.5) is 0 Å². The van der Waals surface area contributed by atoms with Crippen molar-refractivity contribution in [1.29, 1.82) is 0 Å². The first-order chi connectivity index (χ1) is 9.81. The van der Waals surface area contributed by atoms with E-state index in [4.69, 9.17) is 0 Å². The molecule has 3 fully saturated rings. The summed E-state index contributed by atoms with van der Waals surface area (Å²) in [5.41, 5.74) is 0.482. The second-order valence-corrected chi connectivity index (χ2v) is 7.67. The van der Waals surface area contributed by atoms with Gasteiger partial charge in [-0.25, -0.2) is 0 Å². The molecule has 1 heterocycles. The van der Waals surface area contributed by atoms with E-state index in [0.29, 0.717) is 5.54 Å². The number of nitrogens with one attached hydrogen (secondary N) is 1. The number of hydrogen-bond donors (Lipinski definition) is 1. The largest absolute Gasteiger partial charge is 0.310 e. The molecule has 1 aliphatic heterocycles. The zero-order chi connectivity index (χ0) is 13.8. The minimum atomic E-state index is 0.482. The summed E-state index contributed by atoms with van der Waals surface area (Å²) in [5, 5.41) is 3.94. The Morgan fingerprint density at radius 2 is 1.75 bits per heavy atom. The fourth-order valence-corrected chi connectivity index (χ4v) is 4.95. The van der Waals surface area contributed by atoms with Crippen molar-refractivity contribution >= 4 is 0 Å². The summed E-state index contributed by atoms with van der Waals surface area (Å²) in [6, 6.07) is 0.900. The van der Waals surface area contributed by atoms with Gasteiger partial charge in [-0.3, -0.25) is 4.90 Å². The van der Waals surface area contributed by atoms with Crippen LogP contribution in [0.2, 0.25) is 0 Å². The fraction of sp³-hybridized carbons (Fsp3) is 1.00. The first-order valence-corrected chi connectivity index (χ1v) is 9.30. The van der Waals surface area contributed by atoms with Crippen LogP contribution >= 0.6 is 0 Å². The Labute approximate surface area is 125 Å². The molecule has 2 aliphatic carbocycles. The number of rotatable bonds is 2. The third-order valence-corrected chi connectivity index (χ3v) is 6.35. The topological polar surface area (TPSA) is 15.3 Å². The Hall–Kier alpha value is -0.0800. The zero-order valence-corrected chi connectivity index (χ0v) is 13.5. The van der Waals surface area contributed by atoms with Gasteiger partial charge in [-0.05, 0) is 64.0 Å². The zero-order valence-electron chi connectivity index (χ0n) is 13.5. The van der Waals surface area contributed by atoms with Gasteiger partial charge >= 0.3 is 0 Å². The molecule has 2 heteroatoms. The van der Waals surface area contributed by atoms with Crippen molar-refractivity contribution in [2.45, 2.75) is 89.1 Å². The summed E-state index contributed by atoms with van der Waals surface area (Å²) < 4.78 is 0. The highest BCUT2D eigenvalue weighted by Crippen LogP contribution is 2.34. The standard InChI is InChI=1S/C18H34N2/c1-2-16-7-9-17(10-8-16)20-14-6-13-19-18(15-20)11-4-3-5-12-18/h16-17,19H,2-15H2,1H3. The molecule has 116 valence electrons. The minimum absolute atomic E-state index is 0.482. The van der Waals surface area contributed by atoms with Gasteiger partial charge in [-0.2, -0.15) is 0 Å². The van der Waals surface area contributed by atoms with Gasteiger partial charge in [0, 0.05) is 18.1 Å². The monoisotopic (exact) mass is 278 g/mol. The Balaban J connectivity index is 1.60. The highest BCUT2D eigenvalue weighted by molar-refractivity contribution is 4.97. The number of hydrogen-bond acceptors (Lipinski definition) is 2. The predicted molar refractivity (Wildman–Crippen MR) is 86.0 cm³/mol. The van der Waals surface area contributed by atoms with Crippen LogP contribution in [-0.2, 0) is 0 Å². The van der Waals surface area contributed by atoms with Gasteiger partial charge < -0.3 is 5.32 Å². The molecule has 1 spiro atoms. The maximum atomic E-state index is 3.94. The van der Waals surface area contributed by atoms with Crippen LogP contribution in [0.25, 0.3) is 0 Å². The average Bonchev–Trinajstić information content (AvgIpc) is 2.71. The van der Waals surface area contributed by atoms with Gasteiger partial charge in [-0.15, -0.1) is 0 Å². The van der Waals surface area contributed by atoms with E-state index < -0.39 is 0 Å². The molecule has 0 radical (unpaired) electrons. The van der Waals surface area contributed by atoms with E-state index in [-0.39, 0.29) is 0 Å². The Kier molecular flexibility index (Phi) is 5.04. The highest BCUT2D eigenvalue weighted by atomic mass is 15.2. The third kappa shape index (κ3) is 3.39. The SMILES string of the molecule is CCC1CCC(N2CCCNC3(CCCCC3)C2)CC1. The lowest BCUT2D eigenvalue weighted by molar-refractivity contribution is 0.0951. The molecule has 3 rings (SSSR count). The molecule has 20 heavy (non-hydrogen) atoms. The lowest BCUT2D eigenvalue weighted by Gasteiger charge is -2.43. The first-order valence-electron chi connectivity index (χ1n) is 9.30. The van der Waals surface area contributed by atoms with Gasteiger partial charge in [-0.1, -0.05) is 32.6 Å². The Morgan fingerprint density at radius 1 is 1.00 bits per heavy atom. The number of nitrogens with zero attached hydrogens (tertiary/aromatic N) is 1. The summed E-state index contributed by atoms with van der Waals surface area (Å²) in [7, 11) is 0. The van der Waals surface area contributed by atoms with E-state index in [9.17, 15) is 0 Å². The molecule has 2 nitrogen and oxygen atoms in total. The molecule has 0 bridgehead atoms. The minimum Gasteiger partial charge on any atom is -0.310 e. The van der Waals surface area contributed by atoms with E-state index in [2.05, 4.69) is 17.1 Å². The lowest BCUT2D eigenvalue weighted by atomic mass is 9.80. The molecule has 2 saturated carbocycles. The molecule has 3 aliphatic rings. The molecule has 0 aromatic carbocycles. The fourth-order valence-electron chi connectivity index (χ4n) is 4.95. The van der Waals surface area contributed by atoms with Crippen molar-refractivity contribution in [2.24, 2.45) is 5.92 Å². The second kappa shape index (κ2) is 6.79. The van der Waals surface area contributed by atoms with E-state index in [1.165, 1.54) is 90.3 Å². The van der Waals surface area contributed by atoms with Crippen molar-refractivity contribution in [1.82, 2.24) is 10.2 Å². The predicted octanol–water partition coefficient (Wildman–Crippen LogP) is 3.95. The van der Waals surface area contributed by atoms with Gasteiger partial charge in [0.05, 0.1) is 0 Å². The highest BCUT2D eigenvalue weighted by Gasteiger charge is 2.37. The van der Waals surface area contributed by atoms with Gasteiger partial charge in [0.15, 0.2) is 0 Å². The summed E-state index contributed by atoms with van der Waals surface area (Å²) in [6.45, 7) is 6.31. The average molecular weight is 278 g/mol. The molecule has 0 unspecified atom stereocenters. The summed E-state index contributed by atoms with van der Waals surface area (Å²) in [5.74, 6) is 1.03. The van der Waals surface area contributed by atoms with Crippen LogP contribution in [0.1, 0.15) is 77.6 Å². The third-order valence-electron chi connectivity index (χ3n) is 6.35. The molecule has 0 aromatic rings. The Bertz CT molecular complexity index is 288. The quantitative estimate of drug-likeness (QED) is 0.822.